The van der Waals surface area contributed by atoms with Gasteiger partial charge < -0.3 is 15.8 Å². The van der Waals surface area contributed by atoms with Crippen molar-refractivity contribution in [3.05, 3.63) is 27.7 Å². The van der Waals surface area contributed by atoms with Crippen LogP contribution in [0, 0.1) is 5.92 Å². The fourth-order valence-corrected chi connectivity index (χ4v) is 2.78. The van der Waals surface area contributed by atoms with Gasteiger partial charge in [0.1, 0.15) is 0 Å². The third-order valence-corrected chi connectivity index (χ3v) is 4.65. The molecule has 0 aliphatic heterocycles. The molecule has 1 fully saturated rings. The van der Waals surface area contributed by atoms with Gasteiger partial charge in [-0.3, -0.25) is 0 Å². The Morgan fingerprint density at radius 3 is 2.78 bits per heavy atom. The van der Waals surface area contributed by atoms with Crippen molar-refractivity contribution in [1.29, 1.82) is 0 Å². The second-order valence-corrected chi connectivity index (χ2v) is 6.08. The lowest BCUT2D eigenvalue weighted by Gasteiger charge is -2.34. The predicted molar refractivity (Wildman–Crippen MR) is 79.2 cm³/mol. The minimum Gasteiger partial charge on any atom is -0.382 e. The highest BCUT2D eigenvalue weighted by atomic mass is 79.9. The van der Waals surface area contributed by atoms with Crippen LogP contribution < -0.4 is 11.1 Å². The van der Waals surface area contributed by atoms with E-state index in [9.17, 15) is 0 Å². The van der Waals surface area contributed by atoms with Crippen molar-refractivity contribution in [1.82, 2.24) is 0 Å². The summed E-state index contributed by atoms with van der Waals surface area (Å²) in [4.78, 5) is 0. The van der Waals surface area contributed by atoms with Gasteiger partial charge in [-0.15, -0.1) is 0 Å². The van der Waals surface area contributed by atoms with E-state index in [-0.39, 0.29) is 5.54 Å². The molecule has 1 atom stereocenters. The number of halogens is 2. The maximum atomic E-state index is 6.00. The van der Waals surface area contributed by atoms with Crippen LogP contribution in [0.25, 0.3) is 0 Å². The average Bonchev–Trinajstić information content (AvgIpc) is 3.17. The van der Waals surface area contributed by atoms with Gasteiger partial charge in [-0.1, -0.05) is 11.6 Å². The van der Waals surface area contributed by atoms with Crippen LogP contribution in [0.5, 0.6) is 0 Å². The van der Waals surface area contributed by atoms with E-state index in [1.807, 2.05) is 18.2 Å². The van der Waals surface area contributed by atoms with E-state index in [0.29, 0.717) is 24.1 Å². The van der Waals surface area contributed by atoms with Crippen LogP contribution in [-0.4, -0.2) is 25.8 Å². The topological polar surface area (TPSA) is 47.3 Å². The van der Waals surface area contributed by atoms with E-state index >= 15 is 0 Å². The second kappa shape index (κ2) is 5.78. The fourth-order valence-electron chi connectivity index (χ4n) is 2.29. The Balaban J connectivity index is 2.19. The van der Waals surface area contributed by atoms with Gasteiger partial charge in [0.2, 0.25) is 0 Å². The molecule has 0 amide bonds. The van der Waals surface area contributed by atoms with Gasteiger partial charge in [0.05, 0.1) is 17.2 Å². The number of hydrogen-bond donors (Lipinski definition) is 2. The number of methoxy groups -OCH3 is 1. The van der Waals surface area contributed by atoms with E-state index < -0.39 is 0 Å². The molecule has 0 radical (unpaired) electrons. The maximum absolute atomic E-state index is 6.00. The quantitative estimate of drug-likeness (QED) is 0.840. The van der Waals surface area contributed by atoms with E-state index in [0.717, 1.165) is 10.2 Å². The predicted octanol–water partition coefficient (Wildman–Crippen LogP) is 3.27. The lowest BCUT2D eigenvalue weighted by molar-refractivity contribution is 0.134. The van der Waals surface area contributed by atoms with E-state index in [1.165, 1.54) is 12.8 Å². The first-order valence-electron chi connectivity index (χ1n) is 6.03. The normalized spacial score (nSPS) is 18.4. The molecule has 1 aromatic carbocycles. The molecule has 0 bridgehead atoms. The zero-order valence-electron chi connectivity index (χ0n) is 10.4. The highest BCUT2D eigenvalue weighted by Gasteiger charge is 2.44. The zero-order valence-corrected chi connectivity index (χ0v) is 12.7. The molecule has 5 heteroatoms. The number of nitrogens with one attached hydrogen (secondary N) is 1. The molecule has 1 aromatic rings. The summed E-state index contributed by atoms with van der Waals surface area (Å²) in [5.41, 5.74) is 6.82. The SMILES string of the molecule is COCC(CN)(Nc1ccc(Cl)c(Br)c1)C1CC1. The van der Waals surface area contributed by atoms with Gasteiger partial charge in [-0.25, -0.2) is 0 Å². The molecule has 0 aromatic heterocycles. The number of benzene rings is 1. The Morgan fingerprint density at radius 1 is 1.56 bits per heavy atom. The van der Waals surface area contributed by atoms with Crippen molar-refractivity contribution in [3.8, 4) is 0 Å². The Hall–Kier alpha value is -0.290. The van der Waals surface area contributed by atoms with E-state index in [1.54, 1.807) is 7.11 Å². The summed E-state index contributed by atoms with van der Waals surface area (Å²) in [5, 5.41) is 4.24. The minimum absolute atomic E-state index is 0.165. The standard InChI is InChI=1S/C13H18BrClN2O/c1-18-8-13(7-16,9-2-3-9)17-10-4-5-12(15)11(14)6-10/h4-6,9,17H,2-3,7-8,16H2,1H3. The first-order valence-corrected chi connectivity index (χ1v) is 7.20. The van der Waals surface area contributed by atoms with Gasteiger partial charge >= 0.3 is 0 Å². The monoisotopic (exact) mass is 332 g/mol. The van der Waals surface area contributed by atoms with Gasteiger partial charge in [0.15, 0.2) is 0 Å². The van der Waals surface area contributed by atoms with Crippen molar-refractivity contribution in [3.63, 3.8) is 0 Å². The van der Waals surface area contributed by atoms with Gasteiger partial charge in [0.25, 0.3) is 0 Å². The molecule has 0 spiro atoms. The van der Waals surface area contributed by atoms with Crippen LogP contribution in [0.2, 0.25) is 5.02 Å². The second-order valence-electron chi connectivity index (χ2n) is 4.82. The Bertz CT molecular complexity index is 425. The van der Waals surface area contributed by atoms with Crippen molar-refractivity contribution in [2.45, 2.75) is 18.4 Å². The molecular formula is C13H18BrClN2O. The smallest absolute Gasteiger partial charge is 0.0756 e. The van der Waals surface area contributed by atoms with Crippen molar-refractivity contribution in [2.24, 2.45) is 11.7 Å². The number of nitrogens with two attached hydrogens (primary N) is 1. The van der Waals surface area contributed by atoms with Crippen LogP contribution in [0.3, 0.4) is 0 Å². The van der Waals surface area contributed by atoms with Crippen LogP contribution in [0.15, 0.2) is 22.7 Å². The molecule has 1 saturated carbocycles. The first kappa shape index (κ1) is 14.1. The van der Waals surface area contributed by atoms with Crippen LogP contribution in [0.1, 0.15) is 12.8 Å². The molecule has 1 aliphatic rings. The van der Waals surface area contributed by atoms with E-state index in [4.69, 9.17) is 22.1 Å². The number of anilines is 1. The molecule has 3 nitrogen and oxygen atoms in total. The summed E-state index contributed by atoms with van der Waals surface area (Å²) in [6.07, 6.45) is 2.42. The van der Waals surface area contributed by atoms with E-state index in [2.05, 4.69) is 21.2 Å². The molecule has 0 saturated heterocycles. The Labute approximate surface area is 121 Å². The van der Waals surface area contributed by atoms with Crippen LogP contribution in [-0.2, 0) is 4.74 Å². The Morgan fingerprint density at radius 2 is 2.28 bits per heavy atom. The highest BCUT2D eigenvalue weighted by Crippen LogP contribution is 2.41. The molecule has 0 heterocycles. The molecule has 1 aliphatic carbocycles. The lowest BCUT2D eigenvalue weighted by atomic mass is 9.93. The molecule has 18 heavy (non-hydrogen) atoms. The molecule has 100 valence electrons. The summed E-state index contributed by atoms with van der Waals surface area (Å²) in [6.45, 7) is 1.18. The first-order chi connectivity index (χ1) is 8.61. The number of rotatable bonds is 6. The van der Waals surface area contributed by atoms with Gasteiger partial charge in [-0.05, 0) is 52.9 Å². The third kappa shape index (κ3) is 2.99. The summed E-state index contributed by atoms with van der Waals surface area (Å²) in [7, 11) is 1.71. The number of hydrogen-bond acceptors (Lipinski definition) is 3. The van der Waals surface area contributed by atoms with Crippen LogP contribution in [0.4, 0.5) is 5.69 Å². The summed E-state index contributed by atoms with van der Waals surface area (Å²) in [5.74, 6) is 0.594. The maximum Gasteiger partial charge on any atom is 0.0756 e. The van der Waals surface area contributed by atoms with Gasteiger partial charge in [-0.2, -0.15) is 0 Å². The van der Waals surface area contributed by atoms with Gasteiger partial charge in [0, 0.05) is 23.8 Å². The minimum atomic E-state index is -0.165. The lowest BCUT2D eigenvalue weighted by Crippen LogP contribution is -2.51. The summed E-state index contributed by atoms with van der Waals surface area (Å²) in [6, 6.07) is 5.81. The van der Waals surface area contributed by atoms with Crippen LogP contribution >= 0.6 is 27.5 Å². The molecule has 2 rings (SSSR count). The fraction of sp³-hybridized carbons (Fsp3) is 0.538. The summed E-state index contributed by atoms with van der Waals surface area (Å²) >= 11 is 9.43. The highest BCUT2D eigenvalue weighted by molar-refractivity contribution is 9.10. The molecule has 3 N–H and O–H groups in total. The summed E-state index contributed by atoms with van der Waals surface area (Å²) < 4.78 is 6.23. The molecular weight excluding hydrogens is 316 g/mol. The third-order valence-electron chi connectivity index (χ3n) is 3.44. The largest absolute Gasteiger partial charge is 0.382 e. The number of ether oxygens (including phenoxy) is 1. The van der Waals surface area contributed by atoms with Crippen molar-refractivity contribution in [2.75, 3.05) is 25.6 Å². The average molecular weight is 334 g/mol. The van der Waals surface area contributed by atoms with Crippen molar-refractivity contribution >= 4 is 33.2 Å². The molecule has 1 unspecified atom stereocenters. The Kier molecular flexibility index (Phi) is 4.54. The zero-order chi connectivity index (χ0) is 13.2. The van der Waals surface area contributed by atoms with Crippen molar-refractivity contribution < 1.29 is 4.74 Å².